The van der Waals surface area contributed by atoms with Crippen LogP contribution in [0.25, 0.3) is 0 Å². The number of fused-ring (bicyclic) bond motifs is 1. The molecule has 1 unspecified atom stereocenters. The number of carboxylic acid groups (broad SMARTS) is 1. The lowest BCUT2D eigenvalue weighted by molar-refractivity contribution is -0.150. The fourth-order valence-electron chi connectivity index (χ4n) is 2.93. The maximum absolute atomic E-state index is 12.8. The Balaban J connectivity index is 1.75. The summed E-state index contributed by atoms with van der Waals surface area (Å²) in [4.78, 5) is 47.6. The molecule has 1 fully saturated rings. The molecule has 0 saturated carbocycles. The number of β-lactam (4-membered cyclic amide) rings is 1. The molecule has 0 aromatic carbocycles. The van der Waals surface area contributed by atoms with Gasteiger partial charge in [0.2, 0.25) is 0 Å². The van der Waals surface area contributed by atoms with Crippen molar-refractivity contribution in [3.8, 4) is 0 Å². The third kappa shape index (κ3) is 5.69. The summed E-state index contributed by atoms with van der Waals surface area (Å²) in [6, 6.07) is -0.970. The second kappa shape index (κ2) is 10.1. The highest BCUT2D eigenvalue weighted by atomic mass is 32.2. The van der Waals surface area contributed by atoms with Crippen molar-refractivity contribution < 1.29 is 32.7 Å². The number of thiazole rings is 1. The van der Waals surface area contributed by atoms with Gasteiger partial charge in [-0.25, -0.2) is 18.2 Å². The van der Waals surface area contributed by atoms with Crippen molar-refractivity contribution in [1.29, 1.82) is 0 Å². The van der Waals surface area contributed by atoms with E-state index in [4.69, 9.17) is 10.6 Å². The van der Waals surface area contributed by atoms with Crippen molar-refractivity contribution in [2.75, 3.05) is 30.6 Å². The number of nitrogens with zero attached hydrogens (tertiary/aromatic N) is 3. The molecule has 0 bridgehead atoms. The number of carbonyl (C=O) groups is 3. The summed E-state index contributed by atoms with van der Waals surface area (Å²) in [5.74, 6) is -2.52. The highest BCUT2D eigenvalue weighted by Crippen LogP contribution is 2.43. The Morgan fingerprint density at radius 3 is 2.82 bits per heavy atom. The van der Waals surface area contributed by atoms with Gasteiger partial charge in [-0.1, -0.05) is 23.0 Å². The Hall–Kier alpha value is -2.56. The van der Waals surface area contributed by atoms with Gasteiger partial charge in [0.05, 0.1) is 5.75 Å². The molecule has 2 aliphatic heterocycles. The quantitative estimate of drug-likeness (QED) is 0.222. The van der Waals surface area contributed by atoms with Crippen LogP contribution < -0.4 is 11.1 Å². The zero-order valence-corrected chi connectivity index (χ0v) is 20.5. The Bertz CT molecular complexity index is 1170. The lowest BCUT2D eigenvalue weighted by Crippen LogP contribution is -2.71. The third-order valence-corrected chi connectivity index (χ3v) is 8.18. The smallest absolute Gasteiger partial charge is 0.353 e. The average Bonchev–Trinajstić information content (AvgIpc) is 3.17. The molecule has 2 amide bonds. The van der Waals surface area contributed by atoms with Gasteiger partial charge < -0.3 is 21.0 Å². The number of rotatable bonds is 9. The van der Waals surface area contributed by atoms with E-state index in [0.717, 1.165) is 34.3 Å². The number of nitrogen functional groups attached to an aromatic ring is 1. The van der Waals surface area contributed by atoms with Crippen LogP contribution in [0.2, 0.25) is 0 Å². The van der Waals surface area contributed by atoms with Gasteiger partial charge in [-0.15, -0.1) is 23.1 Å². The predicted octanol–water partition coefficient (Wildman–Crippen LogP) is 0.0634. The summed E-state index contributed by atoms with van der Waals surface area (Å²) in [7, 11) is -1.94. The number of hydrogen-bond acceptors (Lipinski definition) is 12. The van der Waals surface area contributed by atoms with Gasteiger partial charge in [0.1, 0.15) is 29.9 Å². The molecule has 12 nitrogen and oxygen atoms in total. The number of aromatic nitrogens is 1. The molecule has 3 heterocycles. The largest absolute Gasteiger partial charge is 0.477 e. The van der Waals surface area contributed by atoms with E-state index < -0.39 is 39.0 Å². The van der Waals surface area contributed by atoms with Crippen LogP contribution >= 0.6 is 34.9 Å². The summed E-state index contributed by atoms with van der Waals surface area (Å²) < 4.78 is 22.4. The second-order valence-corrected chi connectivity index (χ2v) is 11.9. The van der Waals surface area contributed by atoms with Crippen LogP contribution in [-0.2, 0) is 29.1 Å². The topological polar surface area (TPSA) is 181 Å². The number of anilines is 1. The number of hydrogen-bond donors (Lipinski definition) is 3. The fraction of sp³-hybridized carbons (Fsp3) is 0.353. The van der Waals surface area contributed by atoms with Crippen LogP contribution in [0.1, 0.15) is 5.69 Å². The van der Waals surface area contributed by atoms with E-state index >= 15 is 0 Å². The minimum Gasteiger partial charge on any atom is -0.477 e. The third-order valence-electron chi connectivity index (χ3n) is 4.29. The van der Waals surface area contributed by atoms with E-state index in [2.05, 4.69) is 15.5 Å². The van der Waals surface area contributed by atoms with Crippen LogP contribution in [0.5, 0.6) is 0 Å². The highest BCUT2D eigenvalue weighted by molar-refractivity contribution is 8.08. The zero-order chi connectivity index (χ0) is 24.3. The molecule has 16 heteroatoms. The Kier molecular flexibility index (Phi) is 7.71. The average molecular weight is 534 g/mol. The summed E-state index contributed by atoms with van der Waals surface area (Å²) >= 11 is 3.42. The number of carbonyl (C=O) groups excluding carboxylic acids is 2. The molecule has 2 atom stereocenters. The van der Waals surface area contributed by atoms with Crippen LogP contribution in [0.3, 0.4) is 0 Å². The molecule has 0 radical (unpaired) electrons. The molecule has 178 valence electrons. The van der Waals surface area contributed by atoms with Gasteiger partial charge in [0.15, 0.2) is 20.7 Å². The van der Waals surface area contributed by atoms with Gasteiger partial charge in [-0.05, 0) is 5.41 Å². The van der Waals surface area contributed by atoms with Gasteiger partial charge in [-0.2, -0.15) is 0 Å². The molecule has 2 aliphatic rings. The first-order valence-electron chi connectivity index (χ1n) is 9.07. The SMILES string of the molecule is CO/N=C(\C(=O)NC1C(=O)N2C(C(=O)O)=C(S/C=C\CS(C)(=O)=O)CS[C@H]12)c1csc(N)n1. The molecule has 33 heavy (non-hydrogen) atoms. The Morgan fingerprint density at radius 1 is 1.52 bits per heavy atom. The van der Waals surface area contributed by atoms with E-state index in [0.29, 0.717) is 4.91 Å². The number of amides is 2. The molecule has 1 saturated heterocycles. The summed E-state index contributed by atoms with van der Waals surface area (Å²) in [5.41, 5.74) is 5.42. The minimum atomic E-state index is -3.19. The fourth-order valence-corrected chi connectivity index (χ4v) is 6.37. The molecule has 1 aromatic heterocycles. The lowest BCUT2D eigenvalue weighted by Gasteiger charge is -2.49. The van der Waals surface area contributed by atoms with Crippen molar-refractivity contribution in [3.63, 3.8) is 0 Å². The molecule has 0 aliphatic carbocycles. The maximum atomic E-state index is 12.8. The summed E-state index contributed by atoms with van der Waals surface area (Å²) in [6.45, 7) is 0. The lowest BCUT2D eigenvalue weighted by atomic mass is 10.0. The molecule has 0 spiro atoms. The number of carboxylic acids is 1. The first-order valence-corrected chi connectivity index (χ1v) is 13.9. The van der Waals surface area contributed by atoms with Crippen molar-refractivity contribution >= 4 is 73.3 Å². The van der Waals surface area contributed by atoms with E-state index in [1.165, 1.54) is 35.7 Å². The van der Waals surface area contributed by atoms with Crippen LogP contribution in [-0.4, -0.2) is 83.2 Å². The first-order chi connectivity index (χ1) is 15.5. The van der Waals surface area contributed by atoms with Crippen molar-refractivity contribution in [2.45, 2.75) is 11.4 Å². The van der Waals surface area contributed by atoms with E-state index in [-0.39, 0.29) is 33.7 Å². The molecular formula is C17H19N5O7S4. The first kappa shape index (κ1) is 25.1. The number of sulfone groups is 1. The minimum absolute atomic E-state index is 0.168. The Morgan fingerprint density at radius 2 is 2.24 bits per heavy atom. The van der Waals surface area contributed by atoms with Crippen molar-refractivity contribution in [1.82, 2.24) is 15.2 Å². The van der Waals surface area contributed by atoms with E-state index in [1.54, 1.807) is 0 Å². The van der Waals surface area contributed by atoms with Crippen molar-refractivity contribution in [3.05, 3.63) is 33.2 Å². The van der Waals surface area contributed by atoms with Gasteiger partial charge in [0, 0.05) is 22.3 Å². The Labute approximate surface area is 201 Å². The van der Waals surface area contributed by atoms with Gasteiger partial charge >= 0.3 is 5.97 Å². The highest BCUT2D eigenvalue weighted by Gasteiger charge is 2.54. The maximum Gasteiger partial charge on any atom is 0.353 e. The van der Waals surface area contributed by atoms with Gasteiger partial charge in [-0.3, -0.25) is 14.5 Å². The standard InChI is InChI=1S/C17H19N5O7S4/c1-29-21-10(8-6-32-17(18)19-8)13(23)20-11-14(24)22-12(16(25)26)9(7-31-15(11)22)30-4-3-5-33(2,27)28/h3-4,6,11,15H,5,7H2,1-2H3,(H2,18,19)(H,20,23)(H,25,26)/b4-3-,21-10-/t11?,15-/m1/s1. The number of aliphatic carboxylic acids is 1. The van der Waals surface area contributed by atoms with E-state index in [9.17, 15) is 27.9 Å². The van der Waals surface area contributed by atoms with Gasteiger partial charge in [0.25, 0.3) is 11.8 Å². The summed E-state index contributed by atoms with van der Waals surface area (Å²) in [6.07, 6.45) is 2.50. The molecule has 1 aromatic rings. The number of thioether (sulfide) groups is 2. The van der Waals surface area contributed by atoms with Crippen LogP contribution in [0.4, 0.5) is 5.13 Å². The van der Waals surface area contributed by atoms with Crippen LogP contribution in [0.15, 0.2) is 32.6 Å². The normalized spacial score (nSPS) is 21.1. The van der Waals surface area contributed by atoms with Crippen LogP contribution in [0, 0.1) is 0 Å². The molecular weight excluding hydrogens is 514 g/mol. The van der Waals surface area contributed by atoms with Crippen molar-refractivity contribution in [2.24, 2.45) is 5.16 Å². The number of nitrogens with one attached hydrogen (secondary N) is 1. The summed E-state index contributed by atoms with van der Waals surface area (Å²) in [5, 5.41) is 18.5. The molecule has 3 rings (SSSR count). The second-order valence-electron chi connectivity index (χ2n) is 6.71. The predicted molar refractivity (Wildman–Crippen MR) is 126 cm³/mol. The number of nitrogens with two attached hydrogens (primary N) is 1. The molecule has 4 N–H and O–H groups in total. The van der Waals surface area contributed by atoms with E-state index in [1.807, 2.05) is 0 Å². The monoisotopic (exact) mass is 533 g/mol. The zero-order valence-electron chi connectivity index (χ0n) is 17.2. The number of oxime groups is 1.